The van der Waals surface area contributed by atoms with Gasteiger partial charge in [0.15, 0.2) is 0 Å². The first-order chi connectivity index (χ1) is 7.25. The zero-order valence-corrected chi connectivity index (χ0v) is 8.10. The van der Waals surface area contributed by atoms with Gasteiger partial charge in [0.1, 0.15) is 5.83 Å². The Morgan fingerprint density at radius 2 is 2.07 bits per heavy atom. The van der Waals surface area contributed by atoms with E-state index >= 15 is 0 Å². The number of nitrogens with zero attached hydrogens (tertiary/aromatic N) is 2. The van der Waals surface area contributed by atoms with Crippen LogP contribution in [0, 0.1) is 6.92 Å². The van der Waals surface area contributed by atoms with Crippen molar-refractivity contribution in [2.75, 3.05) is 0 Å². The summed E-state index contributed by atoms with van der Waals surface area (Å²) in [6.07, 6.45) is 6.67. The summed E-state index contributed by atoms with van der Waals surface area (Å²) in [7, 11) is 0. The Morgan fingerprint density at radius 1 is 1.33 bits per heavy atom. The van der Waals surface area contributed by atoms with E-state index in [1.807, 2.05) is 35.0 Å². The summed E-state index contributed by atoms with van der Waals surface area (Å²) in [6, 6.07) is 7.47. The largest absolute Gasteiger partial charge is 0.306 e. The maximum atomic E-state index is 12.5. The van der Waals surface area contributed by atoms with Crippen LogP contribution in [0.3, 0.4) is 0 Å². The van der Waals surface area contributed by atoms with Crippen molar-refractivity contribution >= 4 is 6.08 Å². The Hall–Kier alpha value is -1.90. The first kappa shape index (κ1) is 9.65. The molecule has 0 saturated carbocycles. The molecule has 1 aromatic heterocycles. The molecule has 0 aliphatic rings. The minimum absolute atomic E-state index is 0.439. The van der Waals surface area contributed by atoms with E-state index in [1.165, 1.54) is 6.08 Å². The fourth-order valence-electron chi connectivity index (χ4n) is 1.34. The van der Waals surface area contributed by atoms with Crippen LogP contribution in [-0.2, 0) is 0 Å². The van der Waals surface area contributed by atoms with Crippen molar-refractivity contribution in [3.05, 3.63) is 61.3 Å². The van der Waals surface area contributed by atoms with E-state index in [4.69, 9.17) is 0 Å². The summed E-state index contributed by atoms with van der Waals surface area (Å²) in [6.45, 7) is 3.19. The summed E-state index contributed by atoms with van der Waals surface area (Å²) >= 11 is 0. The molecule has 0 aliphatic carbocycles. The highest BCUT2D eigenvalue weighted by molar-refractivity contribution is 5.53. The summed E-state index contributed by atoms with van der Waals surface area (Å²) in [5.41, 5.74) is 1.79. The van der Waals surface area contributed by atoms with E-state index in [2.05, 4.69) is 11.9 Å². The van der Waals surface area contributed by atoms with Gasteiger partial charge < -0.3 is 4.57 Å². The Kier molecular flexibility index (Phi) is 2.63. The standard InChI is InChI=1S/C12H10FN2/c1-10(13)8-11-2-4-12(5-3-11)15-7-6-14-9-15/h2-9H,1H2/b10-8+. The minimum Gasteiger partial charge on any atom is -0.306 e. The zero-order valence-electron chi connectivity index (χ0n) is 8.10. The summed E-state index contributed by atoms with van der Waals surface area (Å²) in [5.74, 6) is -0.439. The van der Waals surface area contributed by atoms with E-state index in [1.54, 1.807) is 12.5 Å². The predicted octanol–water partition coefficient (Wildman–Crippen LogP) is 3.02. The molecule has 0 spiro atoms. The molecule has 0 N–H and O–H groups in total. The van der Waals surface area contributed by atoms with E-state index in [0.717, 1.165) is 11.3 Å². The van der Waals surface area contributed by atoms with Crippen LogP contribution in [0.25, 0.3) is 11.8 Å². The van der Waals surface area contributed by atoms with Crippen molar-refractivity contribution in [3.63, 3.8) is 0 Å². The Labute approximate surface area is 87.7 Å². The zero-order chi connectivity index (χ0) is 10.7. The van der Waals surface area contributed by atoms with Gasteiger partial charge in [0.05, 0.1) is 6.33 Å². The maximum Gasteiger partial charge on any atom is 0.101 e. The van der Waals surface area contributed by atoms with E-state index in [0.29, 0.717) is 0 Å². The van der Waals surface area contributed by atoms with Crippen LogP contribution in [0.2, 0.25) is 0 Å². The molecule has 75 valence electrons. The van der Waals surface area contributed by atoms with Crippen LogP contribution in [0.15, 0.2) is 48.8 Å². The van der Waals surface area contributed by atoms with Crippen LogP contribution in [0.4, 0.5) is 4.39 Å². The summed E-state index contributed by atoms with van der Waals surface area (Å²) in [4.78, 5) is 3.95. The lowest BCUT2D eigenvalue weighted by atomic mass is 10.2. The van der Waals surface area contributed by atoms with E-state index in [-0.39, 0.29) is 0 Å². The van der Waals surface area contributed by atoms with Crippen molar-refractivity contribution in [1.29, 1.82) is 0 Å². The second-order valence-electron chi connectivity index (χ2n) is 3.15. The second kappa shape index (κ2) is 4.09. The molecule has 1 aromatic carbocycles. The van der Waals surface area contributed by atoms with Gasteiger partial charge in [-0.05, 0) is 23.8 Å². The topological polar surface area (TPSA) is 17.8 Å². The molecule has 0 aliphatic heterocycles. The molecule has 0 amide bonds. The van der Waals surface area contributed by atoms with Gasteiger partial charge in [0.25, 0.3) is 0 Å². The van der Waals surface area contributed by atoms with Gasteiger partial charge in [-0.1, -0.05) is 12.1 Å². The van der Waals surface area contributed by atoms with Crippen molar-refractivity contribution in [1.82, 2.24) is 9.55 Å². The van der Waals surface area contributed by atoms with Crippen LogP contribution >= 0.6 is 0 Å². The number of halogens is 1. The molecule has 2 aromatic rings. The van der Waals surface area contributed by atoms with Gasteiger partial charge in [0.2, 0.25) is 0 Å². The highest BCUT2D eigenvalue weighted by atomic mass is 19.1. The predicted molar refractivity (Wildman–Crippen MR) is 58.0 cm³/mol. The molecule has 2 rings (SSSR count). The average molecular weight is 201 g/mol. The lowest BCUT2D eigenvalue weighted by Gasteiger charge is -2.01. The minimum atomic E-state index is -0.439. The second-order valence-corrected chi connectivity index (χ2v) is 3.15. The first-order valence-corrected chi connectivity index (χ1v) is 4.53. The summed E-state index contributed by atoms with van der Waals surface area (Å²) < 4.78 is 14.4. The molecule has 0 fully saturated rings. The van der Waals surface area contributed by atoms with Gasteiger partial charge in [-0.3, -0.25) is 0 Å². The fourth-order valence-corrected chi connectivity index (χ4v) is 1.34. The normalized spacial score (nSPS) is 11.7. The van der Waals surface area contributed by atoms with Gasteiger partial charge in [0, 0.05) is 25.0 Å². The first-order valence-electron chi connectivity index (χ1n) is 4.53. The van der Waals surface area contributed by atoms with Crippen molar-refractivity contribution in [2.45, 2.75) is 0 Å². The third-order valence-electron chi connectivity index (χ3n) is 2.02. The van der Waals surface area contributed by atoms with Crippen LogP contribution in [0.5, 0.6) is 0 Å². The molecular weight excluding hydrogens is 191 g/mol. The molecule has 0 unspecified atom stereocenters. The molecule has 2 nitrogen and oxygen atoms in total. The van der Waals surface area contributed by atoms with Crippen molar-refractivity contribution in [2.24, 2.45) is 0 Å². The number of hydrogen-bond donors (Lipinski definition) is 0. The fraction of sp³-hybridized carbons (Fsp3) is 0. The number of aromatic nitrogens is 2. The maximum absolute atomic E-state index is 12.5. The highest BCUT2D eigenvalue weighted by Crippen LogP contribution is 2.12. The van der Waals surface area contributed by atoms with Crippen LogP contribution < -0.4 is 0 Å². The SMILES string of the molecule is [CH2]/C(F)=C\c1ccc(-n2ccnc2)cc1. The van der Waals surface area contributed by atoms with E-state index < -0.39 is 5.83 Å². The number of hydrogen-bond acceptors (Lipinski definition) is 1. The third-order valence-corrected chi connectivity index (χ3v) is 2.02. The molecule has 1 radical (unpaired) electrons. The molecule has 1 heterocycles. The lowest BCUT2D eigenvalue weighted by Crippen LogP contribution is -1.88. The van der Waals surface area contributed by atoms with Crippen LogP contribution in [-0.4, -0.2) is 9.55 Å². The van der Waals surface area contributed by atoms with Gasteiger partial charge in [-0.25, -0.2) is 9.37 Å². The lowest BCUT2D eigenvalue weighted by molar-refractivity contribution is 0.673. The number of rotatable bonds is 2. The Balaban J connectivity index is 2.29. The number of allylic oxidation sites excluding steroid dienone is 1. The van der Waals surface area contributed by atoms with E-state index in [9.17, 15) is 4.39 Å². The van der Waals surface area contributed by atoms with Crippen molar-refractivity contribution in [3.8, 4) is 5.69 Å². The number of benzene rings is 1. The average Bonchev–Trinajstić information content (AvgIpc) is 2.71. The molecule has 0 atom stereocenters. The highest BCUT2D eigenvalue weighted by Gasteiger charge is 1.95. The van der Waals surface area contributed by atoms with Gasteiger partial charge in [-0.15, -0.1) is 0 Å². The Morgan fingerprint density at radius 3 is 2.60 bits per heavy atom. The van der Waals surface area contributed by atoms with Crippen LogP contribution in [0.1, 0.15) is 5.56 Å². The van der Waals surface area contributed by atoms with Crippen molar-refractivity contribution < 1.29 is 4.39 Å². The monoisotopic (exact) mass is 201 g/mol. The molecule has 3 heteroatoms. The smallest absolute Gasteiger partial charge is 0.101 e. The Bertz CT molecular complexity index is 451. The molecule has 0 bridgehead atoms. The molecular formula is C12H10FN2. The van der Waals surface area contributed by atoms with Gasteiger partial charge in [-0.2, -0.15) is 0 Å². The quantitative estimate of drug-likeness (QED) is 0.730. The third kappa shape index (κ3) is 2.31. The molecule has 15 heavy (non-hydrogen) atoms. The van der Waals surface area contributed by atoms with Gasteiger partial charge >= 0.3 is 0 Å². The summed E-state index contributed by atoms with van der Waals surface area (Å²) in [5, 5.41) is 0. The number of imidazole rings is 1. The molecule has 0 saturated heterocycles.